The van der Waals surface area contributed by atoms with Crippen molar-refractivity contribution in [3.63, 3.8) is 0 Å². The summed E-state index contributed by atoms with van der Waals surface area (Å²) in [5, 5.41) is 12.3. The molecule has 2 aromatic carbocycles. The molecule has 31 heavy (non-hydrogen) atoms. The SMILES string of the molecule is Cc1nc(C2(O)CCCN(Cc3ccccc3)CC2)sc1CCOc1ccc(F)cc1. The van der Waals surface area contributed by atoms with E-state index in [1.54, 1.807) is 23.5 Å². The number of nitrogens with zero attached hydrogens (tertiary/aromatic N) is 2. The highest BCUT2D eigenvalue weighted by Crippen LogP contribution is 2.37. The van der Waals surface area contributed by atoms with Crippen LogP contribution in [-0.2, 0) is 18.6 Å². The summed E-state index contributed by atoms with van der Waals surface area (Å²) < 4.78 is 18.7. The van der Waals surface area contributed by atoms with Gasteiger partial charge in [0.1, 0.15) is 22.2 Å². The van der Waals surface area contributed by atoms with E-state index < -0.39 is 5.60 Å². The molecule has 164 valence electrons. The average Bonchev–Trinajstić information content (AvgIpc) is 3.04. The fourth-order valence-electron chi connectivity index (χ4n) is 4.04. The van der Waals surface area contributed by atoms with E-state index in [1.165, 1.54) is 17.7 Å². The molecule has 4 nitrogen and oxygen atoms in total. The number of hydrogen-bond acceptors (Lipinski definition) is 5. The average molecular weight is 441 g/mol. The van der Waals surface area contributed by atoms with E-state index in [1.807, 2.05) is 13.0 Å². The summed E-state index contributed by atoms with van der Waals surface area (Å²) in [4.78, 5) is 8.30. The Morgan fingerprint density at radius 1 is 1.10 bits per heavy atom. The van der Waals surface area contributed by atoms with E-state index in [2.05, 4.69) is 29.2 Å². The van der Waals surface area contributed by atoms with Gasteiger partial charge in [-0.3, -0.25) is 4.90 Å². The van der Waals surface area contributed by atoms with Gasteiger partial charge >= 0.3 is 0 Å². The van der Waals surface area contributed by atoms with Crippen LogP contribution >= 0.6 is 11.3 Å². The maximum Gasteiger partial charge on any atom is 0.125 e. The summed E-state index contributed by atoms with van der Waals surface area (Å²) in [7, 11) is 0. The molecule has 0 bridgehead atoms. The van der Waals surface area contributed by atoms with E-state index in [0.29, 0.717) is 18.8 Å². The Kier molecular flexibility index (Phi) is 7.00. The lowest BCUT2D eigenvalue weighted by Crippen LogP contribution is -2.29. The zero-order valence-electron chi connectivity index (χ0n) is 17.9. The van der Waals surface area contributed by atoms with Crippen molar-refractivity contribution < 1.29 is 14.2 Å². The van der Waals surface area contributed by atoms with Gasteiger partial charge in [0.15, 0.2) is 0 Å². The molecule has 3 aromatic rings. The van der Waals surface area contributed by atoms with Crippen molar-refractivity contribution in [1.29, 1.82) is 0 Å². The standard InChI is InChI=1S/C25H29FN2O2S/c1-19-23(12-17-30-22-10-8-21(26)9-11-22)31-24(27-19)25(29)13-5-15-28(16-14-25)18-20-6-3-2-4-7-20/h2-4,6-11,29H,5,12-18H2,1H3. The maximum absolute atomic E-state index is 13.0. The Bertz CT molecular complexity index is 977. The summed E-state index contributed by atoms with van der Waals surface area (Å²) in [5.41, 5.74) is 1.40. The quantitative estimate of drug-likeness (QED) is 0.556. The summed E-state index contributed by atoms with van der Waals surface area (Å²) in [6, 6.07) is 16.6. The highest BCUT2D eigenvalue weighted by Gasteiger charge is 2.35. The van der Waals surface area contributed by atoms with Gasteiger partial charge in [0.2, 0.25) is 0 Å². The van der Waals surface area contributed by atoms with Crippen molar-refractivity contribution in [3.8, 4) is 5.75 Å². The topological polar surface area (TPSA) is 45.6 Å². The number of hydrogen-bond donors (Lipinski definition) is 1. The normalized spacial score (nSPS) is 19.8. The van der Waals surface area contributed by atoms with Crippen LogP contribution in [0.2, 0.25) is 0 Å². The van der Waals surface area contributed by atoms with Crippen molar-refractivity contribution in [3.05, 3.63) is 81.6 Å². The van der Waals surface area contributed by atoms with Crippen LogP contribution in [0.4, 0.5) is 4.39 Å². The lowest BCUT2D eigenvalue weighted by Gasteiger charge is -2.24. The summed E-state index contributed by atoms with van der Waals surface area (Å²) >= 11 is 1.60. The number of aromatic nitrogens is 1. The number of thiazole rings is 1. The van der Waals surface area contributed by atoms with Crippen molar-refractivity contribution in [2.45, 2.75) is 44.8 Å². The smallest absolute Gasteiger partial charge is 0.125 e. The molecule has 1 atom stereocenters. The van der Waals surface area contributed by atoms with Gasteiger partial charge in [-0.2, -0.15) is 0 Å². The van der Waals surface area contributed by atoms with Crippen LogP contribution < -0.4 is 4.74 Å². The molecular weight excluding hydrogens is 411 g/mol. The van der Waals surface area contributed by atoms with Crippen LogP contribution in [0.1, 0.15) is 40.4 Å². The molecule has 0 aliphatic carbocycles. The monoisotopic (exact) mass is 440 g/mol. The molecular formula is C25H29FN2O2S. The molecule has 6 heteroatoms. The molecule has 1 saturated heterocycles. The molecule has 0 spiro atoms. The van der Waals surface area contributed by atoms with Crippen LogP contribution in [0.3, 0.4) is 0 Å². The lowest BCUT2D eigenvalue weighted by atomic mass is 9.96. The largest absolute Gasteiger partial charge is 0.493 e. The second kappa shape index (κ2) is 9.90. The molecule has 1 aromatic heterocycles. The van der Waals surface area contributed by atoms with Crippen LogP contribution in [0.15, 0.2) is 54.6 Å². The summed E-state index contributed by atoms with van der Waals surface area (Å²) in [5.74, 6) is 0.388. The van der Waals surface area contributed by atoms with Crippen molar-refractivity contribution >= 4 is 11.3 Å². The molecule has 1 aliphatic heterocycles. The number of aliphatic hydroxyl groups is 1. The zero-order chi connectivity index (χ0) is 21.7. The van der Waals surface area contributed by atoms with E-state index in [-0.39, 0.29) is 5.82 Å². The second-order valence-corrected chi connectivity index (χ2v) is 9.31. The van der Waals surface area contributed by atoms with E-state index in [4.69, 9.17) is 9.72 Å². The minimum absolute atomic E-state index is 0.269. The predicted octanol–water partition coefficient (Wildman–Crippen LogP) is 5.09. The Hall–Kier alpha value is -2.28. The fourth-order valence-corrected chi connectivity index (χ4v) is 5.23. The molecule has 4 rings (SSSR count). The highest BCUT2D eigenvalue weighted by molar-refractivity contribution is 7.11. The first-order chi connectivity index (χ1) is 15.0. The van der Waals surface area contributed by atoms with Crippen LogP contribution in [0, 0.1) is 12.7 Å². The molecule has 0 radical (unpaired) electrons. The molecule has 2 heterocycles. The lowest BCUT2D eigenvalue weighted by molar-refractivity contribution is 0.0207. The summed E-state index contributed by atoms with van der Waals surface area (Å²) in [6.45, 7) is 5.25. The Balaban J connectivity index is 1.35. The van der Waals surface area contributed by atoms with Gasteiger partial charge in [0.25, 0.3) is 0 Å². The first-order valence-electron chi connectivity index (χ1n) is 10.9. The number of aryl methyl sites for hydroxylation is 1. The van der Waals surface area contributed by atoms with Crippen molar-refractivity contribution in [2.24, 2.45) is 0 Å². The third-order valence-electron chi connectivity index (χ3n) is 5.86. The van der Waals surface area contributed by atoms with Gasteiger partial charge in [-0.1, -0.05) is 30.3 Å². The van der Waals surface area contributed by atoms with E-state index >= 15 is 0 Å². The fraction of sp³-hybridized carbons (Fsp3) is 0.400. The Morgan fingerprint density at radius 2 is 1.87 bits per heavy atom. The number of ether oxygens (including phenoxy) is 1. The molecule has 0 saturated carbocycles. The molecule has 0 amide bonds. The number of halogens is 1. The summed E-state index contributed by atoms with van der Waals surface area (Å²) in [6.07, 6.45) is 3.09. The van der Waals surface area contributed by atoms with Gasteiger partial charge in [-0.25, -0.2) is 9.37 Å². The number of rotatable bonds is 7. The third kappa shape index (κ3) is 5.70. The predicted molar refractivity (Wildman–Crippen MR) is 122 cm³/mol. The van der Waals surface area contributed by atoms with E-state index in [9.17, 15) is 9.50 Å². The van der Waals surface area contributed by atoms with Crippen LogP contribution in [-0.4, -0.2) is 34.7 Å². The van der Waals surface area contributed by atoms with Crippen molar-refractivity contribution in [1.82, 2.24) is 9.88 Å². The Labute approximate surface area is 187 Å². The third-order valence-corrected chi connectivity index (χ3v) is 7.27. The van der Waals surface area contributed by atoms with Gasteiger partial charge < -0.3 is 9.84 Å². The first-order valence-corrected chi connectivity index (χ1v) is 11.7. The molecule has 1 fully saturated rings. The first kappa shape index (κ1) is 21.9. The number of likely N-dealkylation sites (tertiary alicyclic amines) is 1. The second-order valence-electron chi connectivity index (χ2n) is 8.23. The van der Waals surface area contributed by atoms with Crippen LogP contribution in [0.5, 0.6) is 5.75 Å². The van der Waals surface area contributed by atoms with Gasteiger partial charge in [-0.15, -0.1) is 11.3 Å². The maximum atomic E-state index is 13.0. The molecule has 1 unspecified atom stereocenters. The van der Waals surface area contributed by atoms with Gasteiger partial charge in [0, 0.05) is 24.4 Å². The van der Waals surface area contributed by atoms with Gasteiger partial charge in [0.05, 0.1) is 12.3 Å². The minimum atomic E-state index is -0.864. The van der Waals surface area contributed by atoms with Gasteiger partial charge in [-0.05, 0) is 62.6 Å². The number of benzene rings is 2. The minimum Gasteiger partial charge on any atom is -0.493 e. The highest BCUT2D eigenvalue weighted by atomic mass is 32.1. The molecule has 1 aliphatic rings. The Morgan fingerprint density at radius 3 is 2.65 bits per heavy atom. The zero-order valence-corrected chi connectivity index (χ0v) is 18.7. The van der Waals surface area contributed by atoms with E-state index in [0.717, 1.165) is 54.5 Å². The van der Waals surface area contributed by atoms with Crippen molar-refractivity contribution in [2.75, 3.05) is 19.7 Å². The van der Waals surface area contributed by atoms with Crippen LogP contribution in [0.25, 0.3) is 0 Å². The molecule has 1 N–H and O–H groups in total.